The lowest BCUT2D eigenvalue weighted by molar-refractivity contribution is 0.177. The highest BCUT2D eigenvalue weighted by molar-refractivity contribution is 5.54. The van der Waals surface area contributed by atoms with Gasteiger partial charge in [-0.25, -0.2) is 9.89 Å². The molecule has 1 heterocycles. The number of aliphatic hydroxyl groups excluding tert-OH is 1. The van der Waals surface area contributed by atoms with Gasteiger partial charge >= 0.3 is 5.76 Å². The molecule has 0 aliphatic heterocycles. The standard InChI is InChI=1S/C15H21N3O3/c1-15(2,3)11-6-4-5-7-12(11)16-9-10(19)8-13-17-18-14(20)21-13/h4-7,10,16,19H,8-9H2,1-3H3,(H,18,20). The molecule has 0 saturated carbocycles. The van der Waals surface area contributed by atoms with Gasteiger partial charge in [0, 0.05) is 12.2 Å². The van der Waals surface area contributed by atoms with E-state index < -0.39 is 11.9 Å². The molecule has 0 aliphatic carbocycles. The molecule has 114 valence electrons. The number of rotatable bonds is 5. The molecule has 0 saturated heterocycles. The van der Waals surface area contributed by atoms with Gasteiger partial charge in [-0.15, -0.1) is 5.10 Å². The summed E-state index contributed by atoms with van der Waals surface area (Å²) in [7, 11) is 0. The number of hydrogen-bond donors (Lipinski definition) is 3. The molecule has 1 aromatic carbocycles. The predicted octanol–water partition coefficient (Wildman–Crippen LogP) is 1.68. The Bertz CT molecular complexity index is 640. The number of hydrogen-bond acceptors (Lipinski definition) is 5. The Morgan fingerprint density at radius 3 is 2.71 bits per heavy atom. The molecule has 0 radical (unpaired) electrons. The Balaban J connectivity index is 1.98. The van der Waals surface area contributed by atoms with E-state index >= 15 is 0 Å². The van der Waals surface area contributed by atoms with Gasteiger partial charge in [0.1, 0.15) is 0 Å². The van der Waals surface area contributed by atoms with Crippen molar-refractivity contribution in [2.75, 3.05) is 11.9 Å². The molecule has 6 heteroatoms. The molecule has 3 N–H and O–H groups in total. The van der Waals surface area contributed by atoms with Crippen molar-refractivity contribution < 1.29 is 9.52 Å². The Labute approximate surface area is 123 Å². The van der Waals surface area contributed by atoms with Gasteiger partial charge in [0.15, 0.2) is 0 Å². The highest BCUT2D eigenvalue weighted by Crippen LogP contribution is 2.29. The normalized spacial score (nSPS) is 13.1. The summed E-state index contributed by atoms with van der Waals surface area (Å²) in [6.45, 7) is 6.77. The molecule has 6 nitrogen and oxygen atoms in total. The third-order valence-electron chi connectivity index (χ3n) is 3.16. The largest absolute Gasteiger partial charge is 0.434 e. The molecule has 1 unspecified atom stereocenters. The van der Waals surface area contributed by atoms with Crippen molar-refractivity contribution in [3.05, 3.63) is 46.3 Å². The second-order valence-corrected chi connectivity index (χ2v) is 6.04. The van der Waals surface area contributed by atoms with E-state index in [0.29, 0.717) is 6.54 Å². The summed E-state index contributed by atoms with van der Waals surface area (Å²) >= 11 is 0. The van der Waals surface area contributed by atoms with E-state index in [2.05, 4.69) is 42.4 Å². The highest BCUT2D eigenvalue weighted by Gasteiger charge is 2.18. The van der Waals surface area contributed by atoms with Crippen LogP contribution in [0.4, 0.5) is 5.69 Å². The average Bonchev–Trinajstić information content (AvgIpc) is 2.81. The molecule has 0 aliphatic rings. The maximum absolute atomic E-state index is 10.8. The van der Waals surface area contributed by atoms with Gasteiger partial charge in [-0.3, -0.25) is 0 Å². The fourth-order valence-corrected chi connectivity index (χ4v) is 2.14. The minimum atomic E-state index is -0.690. The Kier molecular flexibility index (Phi) is 4.47. The minimum absolute atomic E-state index is 0.0174. The van der Waals surface area contributed by atoms with Crippen LogP contribution in [0.3, 0.4) is 0 Å². The number of nitrogens with zero attached hydrogens (tertiary/aromatic N) is 1. The van der Waals surface area contributed by atoms with Crippen LogP contribution in [0.5, 0.6) is 0 Å². The zero-order valence-electron chi connectivity index (χ0n) is 12.5. The number of para-hydroxylation sites is 1. The van der Waals surface area contributed by atoms with Crippen LogP contribution in [0.25, 0.3) is 0 Å². The van der Waals surface area contributed by atoms with Crippen molar-refractivity contribution >= 4 is 5.69 Å². The summed E-state index contributed by atoms with van der Waals surface area (Å²) in [5, 5.41) is 19.1. The van der Waals surface area contributed by atoms with Crippen LogP contribution in [-0.4, -0.2) is 28.0 Å². The molecule has 1 atom stereocenters. The molecule has 0 spiro atoms. The van der Waals surface area contributed by atoms with Crippen molar-refractivity contribution in [3.8, 4) is 0 Å². The van der Waals surface area contributed by atoms with Crippen LogP contribution in [-0.2, 0) is 11.8 Å². The molecular weight excluding hydrogens is 270 g/mol. The van der Waals surface area contributed by atoms with Crippen LogP contribution in [0.15, 0.2) is 33.5 Å². The maximum Gasteiger partial charge on any atom is 0.434 e. The predicted molar refractivity (Wildman–Crippen MR) is 80.5 cm³/mol. The molecule has 0 bridgehead atoms. The molecule has 0 fully saturated rings. The zero-order chi connectivity index (χ0) is 15.5. The van der Waals surface area contributed by atoms with Crippen molar-refractivity contribution in [2.45, 2.75) is 38.7 Å². The van der Waals surface area contributed by atoms with Gasteiger partial charge in [-0.1, -0.05) is 39.0 Å². The van der Waals surface area contributed by atoms with E-state index in [1.54, 1.807) is 0 Å². The number of aromatic nitrogens is 2. The first-order chi connectivity index (χ1) is 9.86. The monoisotopic (exact) mass is 291 g/mol. The molecule has 0 amide bonds. The van der Waals surface area contributed by atoms with E-state index in [1.165, 1.54) is 5.56 Å². The summed E-state index contributed by atoms with van der Waals surface area (Å²) in [5.41, 5.74) is 2.19. The van der Waals surface area contributed by atoms with Gasteiger partial charge in [-0.05, 0) is 17.0 Å². The third-order valence-corrected chi connectivity index (χ3v) is 3.16. The second kappa shape index (κ2) is 6.13. The van der Waals surface area contributed by atoms with Gasteiger partial charge < -0.3 is 14.8 Å². The SMILES string of the molecule is CC(C)(C)c1ccccc1NCC(O)Cc1n[nH]c(=O)o1. The zero-order valence-corrected chi connectivity index (χ0v) is 12.5. The lowest BCUT2D eigenvalue weighted by atomic mass is 9.86. The molecule has 2 rings (SSSR count). The van der Waals surface area contributed by atoms with Crippen molar-refractivity contribution in [1.82, 2.24) is 10.2 Å². The average molecular weight is 291 g/mol. The van der Waals surface area contributed by atoms with Gasteiger partial charge in [0.05, 0.1) is 12.5 Å². The smallest absolute Gasteiger partial charge is 0.392 e. The number of anilines is 1. The number of aromatic amines is 1. The lowest BCUT2D eigenvalue weighted by Gasteiger charge is -2.24. The van der Waals surface area contributed by atoms with Crippen LogP contribution in [0.1, 0.15) is 32.2 Å². The number of aliphatic hydroxyl groups is 1. The van der Waals surface area contributed by atoms with E-state index in [-0.39, 0.29) is 17.7 Å². The summed E-state index contributed by atoms with van der Waals surface area (Å²) < 4.78 is 4.77. The summed E-state index contributed by atoms with van der Waals surface area (Å²) in [4.78, 5) is 10.8. The van der Waals surface area contributed by atoms with E-state index in [0.717, 1.165) is 5.69 Å². The van der Waals surface area contributed by atoms with Crippen molar-refractivity contribution in [1.29, 1.82) is 0 Å². The van der Waals surface area contributed by atoms with Crippen LogP contribution >= 0.6 is 0 Å². The number of benzene rings is 1. The Morgan fingerprint density at radius 1 is 1.38 bits per heavy atom. The van der Waals surface area contributed by atoms with Crippen molar-refractivity contribution in [3.63, 3.8) is 0 Å². The number of nitrogens with one attached hydrogen (secondary N) is 2. The lowest BCUT2D eigenvalue weighted by Crippen LogP contribution is -2.24. The van der Waals surface area contributed by atoms with E-state index in [1.807, 2.05) is 18.2 Å². The number of H-pyrrole nitrogens is 1. The highest BCUT2D eigenvalue weighted by atomic mass is 16.4. The molecule has 21 heavy (non-hydrogen) atoms. The van der Waals surface area contributed by atoms with E-state index in [4.69, 9.17) is 4.42 Å². The van der Waals surface area contributed by atoms with Crippen LogP contribution < -0.4 is 11.1 Å². The first-order valence-corrected chi connectivity index (χ1v) is 6.92. The quantitative estimate of drug-likeness (QED) is 0.779. The van der Waals surface area contributed by atoms with E-state index in [9.17, 15) is 9.90 Å². The summed E-state index contributed by atoms with van der Waals surface area (Å²) in [6.07, 6.45) is -0.506. The first kappa shape index (κ1) is 15.3. The first-order valence-electron chi connectivity index (χ1n) is 6.92. The van der Waals surface area contributed by atoms with Crippen LogP contribution in [0.2, 0.25) is 0 Å². The summed E-state index contributed by atoms with van der Waals surface area (Å²) in [5.74, 6) is -0.401. The Hall–Kier alpha value is -2.08. The molecule has 1 aromatic heterocycles. The maximum atomic E-state index is 10.8. The topological polar surface area (TPSA) is 91.1 Å². The van der Waals surface area contributed by atoms with Crippen LogP contribution in [0, 0.1) is 0 Å². The third kappa shape index (κ3) is 4.19. The van der Waals surface area contributed by atoms with Crippen molar-refractivity contribution in [2.24, 2.45) is 0 Å². The van der Waals surface area contributed by atoms with Gasteiger partial charge in [-0.2, -0.15) is 0 Å². The van der Waals surface area contributed by atoms with Gasteiger partial charge in [0.2, 0.25) is 5.89 Å². The second-order valence-electron chi connectivity index (χ2n) is 6.04. The van der Waals surface area contributed by atoms with Gasteiger partial charge in [0.25, 0.3) is 0 Å². The minimum Gasteiger partial charge on any atom is -0.392 e. The molecule has 2 aromatic rings. The fraction of sp³-hybridized carbons (Fsp3) is 0.467. The summed E-state index contributed by atoms with van der Waals surface area (Å²) in [6, 6.07) is 8.01. The molecular formula is C15H21N3O3. The Morgan fingerprint density at radius 2 is 2.10 bits per heavy atom. The fourth-order valence-electron chi connectivity index (χ4n) is 2.14.